The van der Waals surface area contributed by atoms with Gasteiger partial charge in [0.25, 0.3) is 0 Å². The molecule has 0 fully saturated rings. The predicted octanol–water partition coefficient (Wildman–Crippen LogP) is 4.59. The molecular weight excluding hydrogens is 414 g/mol. The number of hydrogen-bond donors (Lipinski definition) is 1. The quantitative estimate of drug-likeness (QED) is 0.283. The SMILES string of the molecule is CCOC(=O)Cc1csc(NN=Cc2ccc(OC)c(COc3ccc(C)cc3)c2)n1. The lowest BCUT2D eigenvalue weighted by Gasteiger charge is -2.11. The lowest BCUT2D eigenvalue weighted by atomic mass is 10.1. The number of thiazole rings is 1. The molecule has 8 heteroatoms. The Morgan fingerprint density at radius 2 is 2.03 bits per heavy atom. The predicted molar refractivity (Wildman–Crippen MR) is 122 cm³/mol. The maximum Gasteiger partial charge on any atom is 0.311 e. The average Bonchev–Trinajstić information content (AvgIpc) is 3.20. The summed E-state index contributed by atoms with van der Waals surface area (Å²) in [4.78, 5) is 15.9. The number of anilines is 1. The van der Waals surface area contributed by atoms with Crippen molar-refractivity contribution in [3.63, 3.8) is 0 Å². The summed E-state index contributed by atoms with van der Waals surface area (Å²) in [6, 6.07) is 13.7. The second kappa shape index (κ2) is 11.1. The molecule has 3 aromatic rings. The maximum absolute atomic E-state index is 11.5. The van der Waals surface area contributed by atoms with E-state index in [0.29, 0.717) is 24.0 Å². The molecule has 0 aliphatic rings. The monoisotopic (exact) mass is 439 g/mol. The minimum Gasteiger partial charge on any atom is -0.496 e. The second-order valence-corrected chi connectivity index (χ2v) is 7.53. The van der Waals surface area contributed by atoms with Gasteiger partial charge in [-0.05, 0) is 49.7 Å². The summed E-state index contributed by atoms with van der Waals surface area (Å²) in [5.41, 5.74) is 6.53. The van der Waals surface area contributed by atoms with E-state index in [-0.39, 0.29) is 12.4 Å². The van der Waals surface area contributed by atoms with Gasteiger partial charge in [0.2, 0.25) is 5.13 Å². The van der Waals surface area contributed by atoms with E-state index in [4.69, 9.17) is 14.2 Å². The number of nitrogens with zero attached hydrogens (tertiary/aromatic N) is 2. The van der Waals surface area contributed by atoms with Gasteiger partial charge >= 0.3 is 5.97 Å². The molecule has 2 aromatic carbocycles. The van der Waals surface area contributed by atoms with Gasteiger partial charge in [-0.25, -0.2) is 4.98 Å². The number of carbonyl (C=O) groups is 1. The fourth-order valence-electron chi connectivity index (χ4n) is 2.75. The number of carbonyl (C=O) groups excluding carboxylic acids is 1. The van der Waals surface area contributed by atoms with E-state index in [0.717, 1.165) is 22.6 Å². The van der Waals surface area contributed by atoms with Crippen molar-refractivity contribution in [2.45, 2.75) is 26.9 Å². The molecule has 0 spiro atoms. The molecule has 0 amide bonds. The van der Waals surface area contributed by atoms with E-state index in [1.165, 1.54) is 16.9 Å². The van der Waals surface area contributed by atoms with Crippen LogP contribution < -0.4 is 14.9 Å². The highest BCUT2D eigenvalue weighted by Crippen LogP contribution is 2.22. The Hall–Kier alpha value is -3.39. The molecule has 0 atom stereocenters. The molecule has 0 unspecified atom stereocenters. The van der Waals surface area contributed by atoms with Crippen LogP contribution in [0.15, 0.2) is 52.9 Å². The van der Waals surface area contributed by atoms with Crippen LogP contribution in [0.1, 0.15) is 29.3 Å². The summed E-state index contributed by atoms with van der Waals surface area (Å²) in [6.45, 7) is 4.56. The van der Waals surface area contributed by atoms with Crippen LogP contribution in [-0.2, 0) is 22.6 Å². The van der Waals surface area contributed by atoms with Crippen LogP contribution in [0.25, 0.3) is 0 Å². The fourth-order valence-corrected chi connectivity index (χ4v) is 3.41. The van der Waals surface area contributed by atoms with Crippen LogP contribution in [0.2, 0.25) is 0 Å². The van der Waals surface area contributed by atoms with Gasteiger partial charge in [-0.1, -0.05) is 17.7 Å². The van der Waals surface area contributed by atoms with E-state index in [1.54, 1.807) is 20.2 Å². The lowest BCUT2D eigenvalue weighted by Crippen LogP contribution is -2.07. The van der Waals surface area contributed by atoms with Crippen LogP contribution in [0.5, 0.6) is 11.5 Å². The molecule has 162 valence electrons. The standard InChI is InChI=1S/C23H25N3O4S/c1-4-29-22(27)12-19-15-31-23(25-19)26-24-13-17-7-10-21(28-3)18(11-17)14-30-20-8-5-16(2)6-9-20/h5-11,13,15H,4,12,14H2,1-3H3,(H,25,26). The van der Waals surface area contributed by atoms with Gasteiger partial charge in [0.05, 0.1) is 32.0 Å². The van der Waals surface area contributed by atoms with Crippen molar-refractivity contribution in [2.75, 3.05) is 19.1 Å². The third-order valence-corrected chi connectivity index (χ3v) is 5.07. The molecule has 0 bridgehead atoms. The molecule has 1 aromatic heterocycles. The Kier molecular flexibility index (Phi) is 8.00. The summed E-state index contributed by atoms with van der Waals surface area (Å²) in [5.74, 6) is 1.26. The van der Waals surface area contributed by atoms with Crippen LogP contribution >= 0.6 is 11.3 Å². The third-order valence-electron chi connectivity index (χ3n) is 4.28. The number of hydrazone groups is 1. The number of esters is 1. The Morgan fingerprint density at radius 1 is 1.23 bits per heavy atom. The third kappa shape index (κ3) is 6.82. The highest BCUT2D eigenvalue weighted by Gasteiger charge is 2.08. The Labute approximate surface area is 185 Å². The van der Waals surface area contributed by atoms with Gasteiger partial charge in [-0.15, -0.1) is 11.3 Å². The van der Waals surface area contributed by atoms with Crippen molar-refractivity contribution in [3.05, 3.63) is 70.2 Å². The topological polar surface area (TPSA) is 82.0 Å². The molecule has 7 nitrogen and oxygen atoms in total. The van der Waals surface area contributed by atoms with E-state index in [9.17, 15) is 4.79 Å². The van der Waals surface area contributed by atoms with E-state index >= 15 is 0 Å². The summed E-state index contributed by atoms with van der Waals surface area (Å²) in [5, 5.41) is 6.65. The lowest BCUT2D eigenvalue weighted by molar-refractivity contribution is -0.142. The first kappa shape index (κ1) is 22.3. The van der Waals surface area contributed by atoms with Crippen molar-refractivity contribution >= 4 is 28.7 Å². The minimum absolute atomic E-state index is 0.151. The van der Waals surface area contributed by atoms with E-state index in [2.05, 4.69) is 15.5 Å². The number of benzene rings is 2. The van der Waals surface area contributed by atoms with Crippen molar-refractivity contribution in [1.29, 1.82) is 0 Å². The Morgan fingerprint density at radius 3 is 2.77 bits per heavy atom. The minimum atomic E-state index is -0.290. The van der Waals surface area contributed by atoms with E-state index < -0.39 is 0 Å². The van der Waals surface area contributed by atoms with Gasteiger partial charge in [-0.3, -0.25) is 10.2 Å². The zero-order valence-electron chi connectivity index (χ0n) is 17.8. The van der Waals surface area contributed by atoms with Crippen molar-refractivity contribution in [1.82, 2.24) is 4.98 Å². The summed E-state index contributed by atoms with van der Waals surface area (Å²) >= 11 is 1.38. The Balaban J connectivity index is 1.60. The number of aryl methyl sites for hydroxylation is 1. The number of rotatable bonds is 10. The molecule has 1 N–H and O–H groups in total. The van der Waals surface area contributed by atoms with Gasteiger partial charge in [-0.2, -0.15) is 5.10 Å². The summed E-state index contributed by atoms with van der Waals surface area (Å²) < 4.78 is 16.3. The zero-order valence-corrected chi connectivity index (χ0v) is 18.6. The zero-order chi connectivity index (χ0) is 22.1. The molecule has 31 heavy (non-hydrogen) atoms. The van der Waals surface area contributed by atoms with Gasteiger partial charge < -0.3 is 14.2 Å². The molecule has 0 radical (unpaired) electrons. The normalized spacial score (nSPS) is 10.8. The van der Waals surface area contributed by atoms with Crippen molar-refractivity contribution in [2.24, 2.45) is 5.10 Å². The first-order chi connectivity index (χ1) is 15.1. The summed E-state index contributed by atoms with van der Waals surface area (Å²) in [7, 11) is 1.64. The molecule has 3 rings (SSSR count). The average molecular weight is 440 g/mol. The molecule has 0 aliphatic carbocycles. The molecule has 0 saturated carbocycles. The maximum atomic E-state index is 11.5. The molecule has 0 saturated heterocycles. The van der Waals surface area contributed by atoms with Crippen LogP contribution in [0.3, 0.4) is 0 Å². The highest BCUT2D eigenvalue weighted by atomic mass is 32.1. The smallest absolute Gasteiger partial charge is 0.311 e. The van der Waals surface area contributed by atoms with Crippen molar-refractivity contribution in [3.8, 4) is 11.5 Å². The van der Waals surface area contributed by atoms with Gasteiger partial charge in [0, 0.05) is 10.9 Å². The van der Waals surface area contributed by atoms with Gasteiger partial charge in [0.15, 0.2) is 0 Å². The molecule has 1 heterocycles. The number of hydrogen-bond acceptors (Lipinski definition) is 8. The largest absolute Gasteiger partial charge is 0.496 e. The first-order valence-corrected chi connectivity index (χ1v) is 10.7. The first-order valence-electron chi connectivity index (χ1n) is 9.83. The number of nitrogens with one attached hydrogen (secondary N) is 1. The molecular formula is C23H25N3O4S. The van der Waals surface area contributed by atoms with E-state index in [1.807, 2.05) is 54.8 Å². The number of methoxy groups -OCH3 is 1. The number of aromatic nitrogens is 1. The van der Waals surface area contributed by atoms with Crippen LogP contribution in [-0.4, -0.2) is 30.9 Å². The van der Waals surface area contributed by atoms with Crippen LogP contribution in [0, 0.1) is 6.92 Å². The van der Waals surface area contributed by atoms with Gasteiger partial charge in [0.1, 0.15) is 18.1 Å². The van der Waals surface area contributed by atoms with Crippen LogP contribution in [0.4, 0.5) is 5.13 Å². The fraction of sp³-hybridized carbons (Fsp3) is 0.261. The highest BCUT2D eigenvalue weighted by molar-refractivity contribution is 7.13. The molecule has 0 aliphatic heterocycles. The Bertz CT molecular complexity index is 1030. The number of ether oxygens (including phenoxy) is 3. The van der Waals surface area contributed by atoms with Crippen molar-refractivity contribution < 1.29 is 19.0 Å². The second-order valence-electron chi connectivity index (χ2n) is 6.67. The summed E-state index contributed by atoms with van der Waals surface area (Å²) in [6.07, 6.45) is 1.85.